The average molecular weight is 962 g/mol. The number of phenolic OH excluding ortho intramolecular Hbond substituents is 1. The molecule has 2 spiro atoms. The van der Waals surface area contributed by atoms with E-state index in [2.05, 4.69) is 84.1 Å². The highest BCUT2D eigenvalue weighted by molar-refractivity contribution is 5.79. The summed E-state index contributed by atoms with van der Waals surface area (Å²) >= 11 is 0. The first kappa shape index (κ1) is 51.7. The van der Waals surface area contributed by atoms with E-state index in [1.807, 2.05) is 0 Å². The van der Waals surface area contributed by atoms with Gasteiger partial charge in [-0.3, -0.25) is 9.79 Å². The highest BCUT2D eigenvalue weighted by Crippen LogP contribution is 2.44. The van der Waals surface area contributed by atoms with Gasteiger partial charge in [0.15, 0.2) is 23.7 Å². The van der Waals surface area contributed by atoms with Crippen molar-refractivity contribution < 1.29 is 39.8 Å². The van der Waals surface area contributed by atoms with Gasteiger partial charge in [-0.15, -0.1) is 0 Å². The van der Waals surface area contributed by atoms with Crippen LogP contribution in [0.2, 0.25) is 0 Å². The van der Waals surface area contributed by atoms with E-state index >= 15 is 0 Å². The first-order chi connectivity index (χ1) is 33.5. The van der Waals surface area contributed by atoms with Crippen LogP contribution < -0.4 is 26.4 Å². The number of fused-ring (bicyclic) bond motifs is 8. The zero-order valence-electron chi connectivity index (χ0n) is 41.9. The number of hydrogen-bond donors (Lipinski definition) is 9. The number of aliphatic hydroxyl groups is 4. The molecule has 2 aliphatic carbocycles. The van der Waals surface area contributed by atoms with Crippen LogP contribution in [-0.2, 0) is 28.8 Å². The molecule has 1 saturated heterocycles. The zero-order valence-corrected chi connectivity index (χ0v) is 41.9. The van der Waals surface area contributed by atoms with Gasteiger partial charge in [0, 0.05) is 60.7 Å². The van der Waals surface area contributed by atoms with Crippen molar-refractivity contribution in [3.63, 3.8) is 0 Å². The molecule has 70 heavy (non-hydrogen) atoms. The van der Waals surface area contributed by atoms with Crippen molar-refractivity contribution >= 4 is 11.9 Å². The highest BCUT2D eigenvalue weighted by Gasteiger charge is 2.44. The van der Waals surface area contributed by atoms with E-state index in [9.17, 15) is 30.3 Å². The maximum Gasteiger partial charge on any atom is 0.302 e. The third-order valence-corrected chi connectivity index (χ3v) is 16.5. The number of aliphatic imine (C=N–C) groups is 1. The van der Waals surface area contributed by atoms with Crippen LogP contribution >= 0.6 is 0 Å². The predicted molar refractivity (Wildman–Crippen MR) is 272 cm³/mol. The highest BCUT2D eigenvalue weighted by atomic mass is 16.5. The molecule has 8 bridgehead atoms. The second kappa shape index (κ2) is 22.4. The molecule has 9 atom stereocenters. The van der Waals surface area contributed by atoms with Gasteiger partial charge in [-0.05, 0) is 132 Å². The first-order valence-corrected chi connectivity index (χ1v) is 26.2. The summed E-state index contributed by atoms with van der Waals surface area (Å²) in [6, 6.07) is 19.0. The largest absolute Gasteiger partial charge is 0.504 e. The van der Waals surface area contributed by atoms with Crippen molar-refractivity contribution in [1.29, 1.82) is 0 Å². The lowest BCUT2D eigenvalue weighted by Gasteiger charge is -2.45. The molecular weight excluding hydrogens is 883 g/mol. The van der Waals surface area contributed by atoms with Gasteiger partial charge in [0.25, 0.3) is 0 Å². The van der Waals surface area contributed by atoms with Crippen molar-refractivity contribution in [2.45, 2.75) is 178 Å². The van der Waals surface area contributed by atoms with E-state index in [1.54, 1.807) is 13.0 Å². The van der Waals surface area contributed by atoms with Crippen molar-refractivity contribution in [1.82, 2.24) is 16.0 Å². The molecule has 1 saturated carbocycles. The predicted octanol–water partition coefficient (Wildman–Crippen LogP) is 6.45. The second-order valence-corrected chi connectivity index (χ2v) is 21.8. The Morgan fingerprint density at radius 3 is 2.50 bits per heavy atom. The summed E-state index contributed by atoms with van der Waals surface area (Å²) in [6.45, 7) is 9.63. The summed E-state index contributed by atoms with van der Waals surface area (Å²) in [5.41, 5.74) is 12.1. The van der Waals surface area contributed by atoms with Gasteiger partial charge in [0.2, 0.25) is 0 Å². The van der Waals surface area contributed by atoms with Gasteiger partial charge in [0.05, 0.1) is 24.2 Å². The van der Waals surface area contributed by atoms with Gasteiger partial charge in [0.1, 0.15) is 12.2 Å². The Morgan fingerprint density at radius 1 is 0.971 bits per heavy atom. The third-order valence-electron chi connectivity index (χ3n) is 16.5. The van der Waals surface area contributed by atoms with Crippen molar-refractivity contribution in [2.75, 3.05) is 26.2 Å². The molecule has 0 aromatic heterocycles. The van der Waals surface area contributed by atoms with E-state index in [1.165, 1.54) is 40.8 Å². The summed E-state index contributed by atoms with van der Waals surface area (Å²) in [6.07, 6.45) is 6.18. The number of nitrogens with zero attached hydrogens (tertiary/aromatic N) is 1. The van der Waals surface area contributed by atoms with E-state index in [0.717, 1.165) is 64.3 Å². The molecule has 380 valence electrons. The molecule has 0 unspecified atom stereocenters. The number of aryl methyl sites for hydroxylation is 2. The Balaban J connectivity index is 1.29. The molecule has 8 rings (SSSR count). The number of phenols is 1. The molecule has 3 aliphatic heterocycles. The van der Waals surface area contributed by atoms with Crippen LogP contribution in [0.3, 0.4) is 0 Å². The maximum atomic E-state index is 12.9. The van der Waals surface area contributed by atoms with Crippen LogP contribution in [0.4, 0.5) is 0 Å². The molecule has 13 heteroatoms. The number of carbonyl (C=O) groups is 1. The van der Waals surface area contributed by atoms with E-state index in [0.29, 0.717) is 50.3 Å². The lowest BCUT2D eigenvalue weighted by molar-refractivity contribution is -0.152. The number of aromatic hydroxyl groups is 1. The third kappa shape index (κ3) is 12.3. The number of piperidine rings is 1. The Kier molecular flexibility index (Phi) is 16.5. The molecule has 3 heterocycles. The van der Waals surface area contributed by atoms with Gasteiger partial charge in [-0.25, -0.2) is 0 Å². The molecule has 5 aliphatic rings. The van der Waals surface area contributed by atoms with Crippen LogP contribution in [0.25, 0.3) is 0 Å². The zero-order chi connectivity index (χ0) is 49.6. The van der Waals surface area contributed by atoms with E-state index in [4.69, 9.17) is 20.2 Å². The molecule has 3 aromatic rings. The lowest BCUT2D eigenvalue weighted by atomic mass is 9.67. The van der Waals surface area contributed by atoms with Crippen molar-refractivity contribution in [3.05, 3.63) is 93.5 Å². The van der Waals surface area contributed by atoms with Gasteiger partial charge < -0.3 is 56.7 Å². The fourth-order valence-corrected chi connectivity index (χ4v) is 12.8. The van der Waals surface area contributed by atoms with Gasteiger partial charge >= 0.3 is 5.97 Å². The van der Waals surface area contributed by atoms with Gasteiger partial charge in [-0.1, -0.05) is 91.1 Å². The number of carbonyl (C=O) groups excluding carboxylic acids is 1. The summed E-state index contributed by atoms with van der Waals surface area (Å²) in [5, 5.41) is 68.3. The number of guanidine groups is 1. The summed E-state index contributed by atoms with van der Waals surface area (Å²) in [5.74, 6) is 6.19. The normalized spacial score (nSPS) is 30.2. The number of hydrogen-bond acceptors (Lipinski definition) is 13. The minimum absolute atomic E-state index is 0.0682. The molecule has 10 N–H and O–H groups in total. The topological polar surface area (TPSA) is 211 Å². The first-order valence-electron chi connectivity index (χ1n) is 26.2. The van der Waals surface area contributed by atoms with E-state index < -0.39 is 53.4 Å². The molecule has 13 nitrogen and oxygen atoms in total. The number of esters is 1. The number of benzene rings is 3. The molecular formula is C57H79N5O8. The van der Waals surface area contributed by atoms with Crippen LogP contribution in [0.1, 0.15) is 148 Å². The van der Waals surface area contributed by atoms with Crippen LogP contribution in [-0.4, -0.2) is 99.1 Å². The minimum Gasteiger partial charge on any atom is -0.504 e. The number of ether oxygens (including phenoxy) is 2. The average Bonchev–Trinajstić information content (AvgIpc) is 3.31. The molecule has 2 fully saturated rings. The second-order valence-electron chi connectivity index (χ2n) is 21.8. The smallest absolute Gasteiger partial charge is 0.302 e. The Labute approximate surface area is 415 Å². The standard InChI is InChI=1S/C57H79N5O8/c1-36-24-37(2)26-41(25-36)28-49-43-11-8-10-40(27-43)15-22-59-35-56-17-9-12-42-13-20-55(38(3)63,34-60-54(58)62-57(49)18-6-5-7-19-57)21-14-45(65)31-51(69-39(4)64)47(42)29-44-30-52(50(66)32-48(44)53(67)68)70-46(33-56)16-23-61-56/h8,10-11,24-27,30,32,38,42,45-47,49,51,53,59,61,63,65-68H,5-7,9,12,14-19,21-23,28-29,31,33-35H2,1-4H3,(H3,58,60,62)/t38-,42-,45-,46-,47+,49-,51-,55-,56-/m0/s1. The Morgan fingerprint density at radius 2 is 1.76 bits per heavy atom. The molecule has 3 aromatic carbocycles. The maximum absolute atomic E-state index is 12.9. The minimum atomic E-state index is -1.91. The molecule has 0 amide bonds. The number of nitrogens with one attached hydrogen (secondary N) is 3. The Hall–Kier alpha value is -4.68. The van der Waals surface area contributed by atoms with E-state index in [-0.39, 0.29) is 60.4 Å². The van der Waals surface area contributed by atoms with Gasteiger partial charge in [-0.2, -0.15) is 0 Å². The fourth-order valence-electron chi connectivity index (χ4n) is 12.8. The fraction of sp³-hybridized carbons (Fsp3) is 0.614. The Bertz CT molecular complexity index is 2370. The SMILES string of the molecule is CC(=O)O[C@H]1C[C@@H](O)CC[C@@]2([C@H](C)O)C#C[C@@H]3CCC[C@@]4(CNCCc5cccc(c5)[C@H](Cc5cc(C)cc(C)c5)C5(CCCCC5)NC(N)=NC2)C[C@H](CCN4)Oc2cc(c(C(O)O)cc2O)C[C@H]31. The molecule has 0 radical (unpaired) electrons. The number of rotatable bonds is 5. The summed E-state index contributed by atoms with van der Waals surface area (Å²) in [7, 11) is 0. The van der Waals surface area contributed by atoms with Crippen LogP contribution in [0.5, 0.6) is 11.5 Å². The summed E-state index contributed by atoms with van der Waals surface area (Å²) < 4.78 is 12.8. The quantitative estimate of drug-likeness (QED) is 0.0768. The number of aliphatic hydroxyl groups excluding tert-OH is 3. The number of nitrogens with two attached hydrogens (primary N) is 1. The van der Waals surface area contributed by atoms with Crippen molar-refractivity contribution in [3.8, 4) is 23.3 Å². The lowest BCUT2D eigenvalue weighted by Crippen LogP contribution is -2.59. The van der Waals surface area contributed by atoms with Crippen LogP contribution in [0, 0.1) is 42.9 Å². The monoisotopic (exact) mass is 962 g/mol. The van der Waals surface area contributed by atoms with Crippen LogP contribution in [0.15, 0.2) is 59.6 Å². The van der Waals surface area contributed by atoms with Crippen molar-refractivity contribution in [2.24, 2.45) is 28.0 Å². The summed E-state index contributed by atoms with van der Waals surface area (Å²) in [4.78, 5) is 18.1.